The molecule has 1 atom stereocenters. The van der Waals surface area contributed by atoms with Crippen LogP contribution in [0.2, 0.25) is 0 Å². The first kappa shape index (κ1) is 15.5. The Labute approximate surface area is 135 Å². The Morgan fingerprint density at radius 3 is 2.78 bits per heavy atom. The molecule has 1 fully saturated rings. The van der Waals surface area contributed by atoms with Gasteiger partial charge in [0.25, 0.3) is 5.91 Å². The van der Waals surface area contributed by atoms with E-state index in [0.717, 1.165) is 19.3 Å². The number of hydrogen-bond acceptors (Lipinski definition) is 3. The molecule has 1 aliphatic heterocycles. The van der Waals surface area contributed by atoms with Gasteiger partial charge in [-0.2, -0.15) is 5.10 Å². The maximum atomic E-state index is 12.5. The second-order valence-electron chi connectivity index (χ2n) is 6.01. The molecular formula is C18H21N3O2. The molecule has 0 bridgehead atoms. The van der Waals surface area contributed by atoms with Gasteiger partial charge in [-0.25, -0.2) is 0 Å². The van der Waals surface area contributed by atoms with Gasteiger partial charge in [0, 0.05) is 31.6 Å². The van der Waals surface area contributed by atoms with Gasteiger partial charge >= 0.3 is 0 Å². The fourth-order valence-corrected chi connectivity index (χ4v) is 3.09. The van der Waals surface area contributed by atoms with E-state index in [-0.39, 0.29) is 17.6 Å². The van der Waals surface area contributed by atoms with Crippen molar-refractivity contribution in [1.29, 1.82) is 0 Å². The number of H-pyrrole nitrogens is 1. The fourth-order valence-electron chi connectivity index (χ4n) is 3.09. The highest BCUT2D eigenvalue weighted by Crippen LogP contribution is 2.21. The molecule has 2 heterocycles. The van der Waals surface area contributed by atoms with Crippen LogP contribution < -0.4 is 0 Å². The summed E-state index contributed by atoms with van der Waals surface area (Å²) in [5, 5.41) is 6.51. The summed E-state index contributed by atoms with van der Waals surface area (Å²) in [6.45, 7) is 1.23. The van der Waals surface area contributed by atoms with Gasteiger partial charge in [0.2, 0.25) is 0 Å². The Morgan fingerprint density at radius 1 is 1.22 bits per heavy atom. The molecule has 5 nitrogen and oxygen atoms in total. The Balaban J connectivity index is 1.55. The van der Waals surface area contributed by atoms with Crippen LogP contribution in [0.1, 0.15) is 35.3 Å². The van der Waals surface area contributed by atoms with Crippen molar-refractivity contribution in [3.05, 3.63) is 53.9 Å². The maximum Gasteiger partial charge on any atom is 0.271 e. The molecular weight excluding hydrogens is 290 g/mol. The number of rotatable bonds is 5. The summed E-state index contributed by atoms with van der Waals surface area (Å²) in [5.41, 5.74) is 1.67. The molecule has 1 aromatic carbocycles. The highest BCUT2D eigenvalue weighted by molar-refractivity contribution is 5.92. The number of nitrogens with one attached hydrogen (secondary N) is 1. The lowest BCUT2D eigenvalue weighted by molar-refractivity contribution is -0.124. The van der Waals surface area contributed by atoms with Gasteiger partial charge in [0.1, 0.15) is 11.5 Å². The number of Topliss-reactive ketones (excluding diaryl/α,β-unsaturated/α-hetero) is 1. The third kappa shape index (κ3) is 3.86. The van der Waals surface area contributed by atoms with Crippen LogP contribution >= 0.6 is 0 Å². The first-order chi connectivity index (χ1) is 11.2. The molecule has 0 aliphatic carbocycles. The highest BCUT2D eigenvalue weighted by atomic mass is 16.2. The van der Waals surface area contributed by atoms with E-state index in [9.17, 15) is 9.59 Å². The van der Waals surface area contributed by atoms with E-state index in [0.29, 0.717) is 25.2 Å². The first-order valence-electron chi connectivity index (χ1n) is 8.09. The van der Waals surface area contributed by atoms with Crippen LogP contribution in [0, 0.1) is 5.92 Å². The minimum atomic E-state index is -0.0666. The molecule has 1 N–H and O–H groups in total. The van der Waals surface area contributed by atoms with Crippen molar-refractivity contribution in [3.8, 4) is 0 Å². The molecule has 0 unspecified atom stereocenters. The summed E-state index contributed by atoms with van der Waals surface area (Å²) in [6, 6.07) is 11.7. The lowest BCUT2D eigenvalue weighted by atomic mass is 9.90. The molecule has 120 valence electrons. The average molecular weight is 311 g/mol. The molecule has 1 aromatic heterocycles. The van der Waals surface area contributed by atoms with E-state index in [4.69, 9.17) is 0 Å². The number of piperidine rings is 1. The summed E-state index contributed by atoms with van der Waals surface area (Å²) in [4.78, 5) is 26.6. The smallest absolute Gasteiger partial charge is 0.271 e. The zero-order chi connectivity index (χ0) is 16.1. The largest absolute Gasteiger partial charge is 0.337 e. The average Bonchev–Trinajstić information content (AvgIpc) is 3.14. The molecule has 0 saturated carbocycles. The van der Waals surface area contributed by atoms with Gasteiger partial charge < -0.3 is 4.90 Å². The Morgan fingerprint density at radius 2 is 2.04 bits per heavy atom. The number of aromatic amines is 1. The summed E-state index contributed by atoms with van der Waals surface area (Å²) in [7, 11) is 0. The van der Waals surface area contributed by atoms with E-state index in [2.05, 4.69) is 10.2 Å². The van der Waals surface area contributed by atoms with Crippen molar-refractivity contribution < 1.29 is 9.59 Å². The van der Waals surface area contributed by atoms with Crippen LogP contribution in [0.4, 0.5) is 0 Å². The quantitative estimate of drug-likeness (QED) is 0.922. The Kier molecular flexibility index (Phi) is 4.86. The number of likely N-dealkylation sites (tertiary alicyclic amines) is 1. The summed E-state index contributed by atoms with van der Waals surface area (Å²) >= 11 is 0. The van der Waals surface area contributed by atoms with Crippen LogP contribution in [0.5, 0.6) is 0 Å². The van der Waals surface area contributed by atoms with Crippen molar-refractivity contribution in [2.24, 2.45) is 5.92 Å². The van der Waals surface area contributed by atoms with Crippen molar-refractivity contribution in [1.82, 2.24) is 15.1 Å². The number of carbonyl (C=O) groups excluding carboxylic acids is 2. The fraction of sp³-hybridized carbons (Fsp3) is 0.389. The number of carbonyl (C=O) groups is 2. The van der Waals surface area contributed by atoms with Crippen molar-refractivity contribution in [2.45, 2.75) is 25.7 Å². The standard InChI is InChI=1S/C18H21N3O2/c22-17(9-8-14-5-2-1-3-6-14)15-7-4-12-21(13-15)18(23)16-10-11-19-20-16/h1-3,5-6,10-11,15H,4,7-9,12-13H2,(H,19,20)/t15-/m1/s1. The van der Waals surface area contributed by atoms with Crippen LogP contribution in [-0.4, -0.2) is 39.9 Å². The molecule has 1 saturated heterocycles. The predicted octanol–water partition coefficient (Wildman–Crippen LogP) is 2.46. The third-order valence-electron chi connectivity index (χ3n) is 4.40. The van der Waals surface area contributed by atoms with Crippen LogP contribution in [-0.2, 0) is 11.2 Å². The van der Waals surface area contributed by atoms with Gasteiger partial charge in [-0.15, -0.1) is 0 Å². The minimum absolute atomic E-state index is 0.0423. The van der Waals surface area contributed by atoms with Gasteiger partial charge in [0.05, 0.1) is 0 Å². The van der Waals surface area contributed by atoms with Crippen LogP contribution in [0.25, 0.3) is 0 Å². The Bertz CT molecular complexity index is 652. The maximum absolute atomic E-state index is 12.5. The van der Waals surface area contributed by atoms with Crippen molar-refractivity contribution in [3.63, 3.8) is 0 Å². The summed E-state index contributed by atoms with van der Waals surface area (Å²) < 4.78 is 0. The predicted molar refractivity (Wildman–Crippen MR) is 87.0 cm³/mol. The van der Waals surface area contributed by atoms with E-state index in [1.807, 2.05) is 30.3 Å². The topological polar surface area (TPSA) is 66.1 Å². The number of aryl methyl sites for hydroxylation is 1. The van der Waals surface area contributed by atoms with E-state index < -0.39 is 0 Å². The number of nitrogens with zero attached hydrogens (tertiary/aromatic N) is 2. The van der Waals surface area contributed by atoms with Gasteiger partial charge in [0.15, 0.2) is 0 Å². The zero-order valence-electron chi connectivity index (χ0n) is 13.1. The molecule has 3 rings (SSSR count). The second-order valence-corrected chi connectivity index (χ2v) is 6.01. The molecule has 0 radical (unpaired) electrons. The van der Waals surface area contributed by atoms with Crippen LogP contribution in [0.3, 0.4) is 0 Å². The number of hydrogen-bond donors (Lipinski definition) is 1. The molecule has 0 spiro atoms. The zero-order valence-corrected chi connectivity index (χ0v) is 13.1. The van der Waals surface area contributed by atoms with Crippen molar-refractivity contribution >= 4 is 11.7 Å². The number of benzene rings is 1. The lowest BCUT2D eigenvalue weighted by Crippen LogP contribution is -2.42. The van der Waals surface area contributed by atoms with E-state index >= 15 is 0 Å². The second kappa shape index (κ2) is 7.22. The van der Waals surface area contributed by atoms with Crippen molar-refractivity contribution in [2.75, 3.05) is 13.1 Å². The monoisotopic (exact) mass is 311 g/mol. The van der Waals surface area contributed by atoms with E-state index in [1.165, 1.54) is 5.56 Å². The summed E-state index contributed by atoms with van der Waals surface area (Å²) in [6.07, 6.45) is 4.63. The SMILES string of the molecule is O=C(CCc1ccccc1)[C@@H]1CCCN(C(=O)c2ccn[nH]2)C1. The lowest BCUT2D eigenvalue weighted by Gasteiger charge is -2.31. The summed E-state index contributed by atoms with van der Waals surface area (Å²) in [5.74, 6) is 0.151. The van der Waals surface area contributed by atoms with Gasteiger partial charge in [-0.3, -0.25) is 14.7 Å². The Hall–Kier alpha value is -2.43. The first-order valence-corrected chi connectivity index (χ1v) is 8.09. The third-order valence-corrected chi connectivity index (χ3v) is 4.40. The molecule has 23 heavy (non-hydrogen) atoms. The molecule has 1 amide bonds. The van der Waals surface area contributed by atoms with E-state index in [1.54, 1.807) is 17.2 Å². The molecule has 1 aliphatic rings. The molecule has 2 aromatic rings. The number of aromatic nitrogens is 2. The van der Waals surface area contributed by atoms with Gasteiger partial charge in [-0.1, -0.05) is 30.3 Å². The minimum Gasteiger partial charge on any atom is -0.337 e. The normalized spacial score (nSPS) is 17.9. The highest BCUT2D eigenvalue weighted by Gasteiger charge is 2.28. The van der Waals surface area contributed by atoms with Gasteiger partial charge in [-0.05, 0) is 30.9 Å². The molecule has 5 heteroatoms. The number of amides is 1. The van der Waals surface area contributed by atoms with Crippen LogP contribution in [0.15, 0.2) is 42.6 Å². The number of ketones is 1.